The molecule has 146 valence electrons. The predicted molar refractivity (Wildman–Crippen MR) is 107 cm³/mol. The van der Waals surface area contributed by atoms with Crippen molar-refractivity contribution in [2.45, 2.75) is 13.0 Å². The fourth-order valence-corrected chi connectivity index (χ4v) is 2.71. The monoisotopic (exact) mass is 379 g/mol. The van der Waals surface area contributed by atoms with Crippen LogP contribution in [0.3, 0.4) is 0 Å². The predicted octanol–water partition coefficient (Wildman–Crippen LogP) is 3.54. The molecule has 28 heavy (non-hydrogen) atoms. The number of para-hydroxylation sites is 1. The number of rotatable bonds is 9. The number of carbonyl (C=O) groups is 1. The van der Waals surface area contributed by atoms with Gasteiger partial charge < -0.3 is 18.9 Å². The minimum atomic E-state index is -0.0182. The smallest absolute Gasteiger partial charge is 0.253 e. The van der Waals surface area contributed by atoms with Crippen LogP contribution in [0.5, 0.6) is 11.5 Å². The molecule has 2 aromatic carbocycles. The maximum atomic E-state index is 12.5. The number of nitrogens with zero attached hydrogens (tertiary/aromatic N) is 3. The fourth-order valence-electron chi connectivity index (χ4n) is 2.71. The molecule has 1 aromatic heterocycles. The van der Waals surface area contributed by atoms with Crippen molar-refractivity contribution in [3.8, 4) is 11.5 Å². The summed E-state index contributed by atoms with van der Waals surface area (Å²) < 4.78 is 13.3. The molecule has 6 heteroatoms. The Morgan fingerprint density at radius 1 is 1.04 bits per heavy atom. The lowest BCUT2D eigenvalue weighted by Crippen LogP contribution is -2.28. The molecule has 0 fully saturated rings. The molecular weight excluding hydrogens is 354 g/mol. The van der Waals surface area contributed by atoms with E-state index in [1.54, 1.807) is 30.3 Å². The Morgan fingerprint density at radius 2 is 1.75 bits per heavy atom. The van der Waals surface area contributed by atoms with E-state index in [2.05, 4.69) is 4.98 Å². The molecule has 1 heterocycles. The first-order chi connectivity index (χ1) is 13.6. The summed E-state index contributed by atoms with van der Waals surface area (Å²) in [6.45, 7) is 1.59. The van der Waals surface area contributed by atoms with Crippen LogP contribution >= 0.6 is 0 Å². The summed E-state index contributed by atoms with van der Waals surface area (Å²) in [6.07, 6.45) is 4.38. The molecule has 0 radical (unpaired) electrons. The number of benzene rings is 2. The third kappa shape index (κ3) is 5.36. The van der Waals surface area contributed by atoms with Crippen molar-refractivity contribution in [3.05, 3.63) is 78.4 Å². The molecule has 0 aliphatic carbocycles. The first-order valence-corrected chi connectivity index (χ1v) is 9.26. The highest BCUT2D eigenvalue weighted by Gasteiger charge is 2.11. The van der Waals surface area contributed by atoms with Crippen LogP contribution in [0.15, 0.2) is 67.0 Å². The molecule has 0 saturated carbocycles. The lowest BCUT2D eigenvalue weighted by molar-refractivity contribution is 0.0788. The van der Waals surface area contributed by atoms with E-state index in [1.807, 2.05) is 60.3 Å². The molecule has 0 aliphatic rings. The normalized spacial score (nSPS) is 10.5. The maximum Gasteiger partial charge on any atom is 0.253 e. The molecule has 0 N–H and O–H groups in total. The van der Waals surface area contributed by atoms with Crippen molar-refractivity contribution in [3.63, 3.8) is 0 Å². The average molecular weight is 379 g/mol. The average Bonchev–Trinajstić information content (AvgIpc) is 3.15. The highest BCUT2D eigenvalue weighted by atomic mass is 16.5. The van der Waals surface area contributed by atoms with E-state index < -0.39 is 0 Å². The maximum absolute atomic E-state index is 12.5. The molecule has 6 nitrogen and oxygen atoms in total. The standard InChI is InChI=1S/C22H25N3O3/c1-24-15-13-23-21(24)17-28-20-11-9-18(10-12-20)22(26)25(2)14-6-16-27-19-7-4-3-5-8-19/h3-5,7-13,15H,6,14,16-17H2,1-2H3. The van der Waals surface area contributed by atoms with Crippen molar-refractivity contribution in [2.24, 2.45) is 7.05 Å². The first-order valence-electron chi connectivity index (χ1n) is 9.26. The number of hydrogen-bond acceptors (Lipinski definition) is 4. The summed E-state index contributed by atoms with van der Waals surface area (Å²) in [4.78, 5) is 18.5. The topological polar surface area (TPSA) is 56.6 Å². The molecule has 1 amide bonds. The second kappa shape index (κ2) is 9.60. The van der Waals surface area contributed by atoms with E-state index in [-0.39, 0.29) is 5.91 Å². The minimum Gasteiger partial charge on any atom is -0.494 e. The largest absolute Gasteiger partial charge is 0.494 e. The summed E-state index contributed by atoms with van der Waals surface area (Å²) in [5, 5.41) is 0. The third-order valence-corrected chi connectivity index (χ3v) is 4.39. The number of aromatic nitrogens is 2. The van der Waals surface area contributed by atoms with Crippen LogP contribution in [0.1, 0.15) is 22.6 Å². The lowest BCUT2D eigenvalue weighted by Gasteiger charge is -2.17. The Bertz CT molecular complexity index is 876. The Labute approximate surface area is 165 Å². The van der Waals surface area contributed by atoms with Crippen molar-refractivity contribution in [1.29, 1.82) is 0 Å². The van der Waals surface area contributed by atoms with Gasteiger partial charge in [-0.15, -0.1) is 0 Å². The SMILES string of the molecule is CN(CCCOc1ccccc1)C(=O)c1ccc(OCc2nccn2C)cc1. The summed E-state index contributed by atoms with van der Waals surface area (Å²) in [7, 11) is 3.73. The summed E-state index contributed by atoms with van der Waals surface area (Å²) >= 11 is 0. The number of ether oxygens (including phenoxy) is 2. The van der Waals surface area contributed by atoms with E-state index in [1.165, 1.54) is 0 Å². The molecule has 0 aliphatic heterocycles. The minimum absolute atomic E-state index is 0.0182. The van der Waals surface area contributed by atoms with Crippen LogP contribution in [0, 0.1) is 0 Å². The molecular formula is C22H25N3O3. The second-order valence-electron chi connectivity index (χ2n) is 6.51. The van der Waals surface area contributed by atoms with Gasteiger partial charge in [-0.05, 0) is 42.8 Å². The van der Waals surface area contributed by atoms with E-state index >= 15 is 0 Å². The molecule has 3 aromatic rings. The van der Waals surface area contributed by atoms with E-state index in [4.69, 9.17) is 9.47 Å². The number of hydrogen-bond donors (Lipinski definition) is 0. The van der Waals surface area contributed by atoms with Gasteiger partial charge in [-0.25, -0.2) is 4.98 Å². The van der Waals surface area contributed by atoms with Gasteiger partial charge in [0.05, 0.1) is 6.61 Å². The highest BCUT2D eigenvalue weighted by molar-refractivity contribution is 5.94. The van der Waals surface area contributed by atoms with Crippen LogP contribution < -0.4 is 9.47 Å². The highest BCUT2D eigenvalue weighted by Crippen LogP contribution is 2.15. The van der Waals surface area contributed by atoms with E-state index in [0.717, 1.165) is 18.0 Å². The molecule has 0 saturated heterocycles. The van der Waals surface area contributed by atoms with Gasteiger partial charge in [-0.3, -0.25) is 4.79 Å². The van der Waals surface area contributed by atoms with Crippen LogP contribution in [0.25, 0.3) is 0 Å². The van der Waals surface area contributed by atoms with E-state index in [0.29, 0.717) is 31.1 Å². The summed E-state index contributed by atoms with van der Waals surface area (Å²) in [5.41, 5.74) is 0.635. The van der Waals surface area contributed by atoms with Crippen LogP contribution in [0.2, 0.25) is 0 Å². The Balaban J connectivity index is 1.43. The summed E-state index contributed by atoms with van der Waals surface area (Å²) in [5.74, 6) is 2.38. The van der Waals surface area contributed by atoms with Gasteiger partial charge in [-0.1, -0.05) is 18.2 Å². The van der Waals surface area contributed by atoms with Gasteiger partial charge in [0, 0.05) is 38.6 Å². The molecule has 0 spiro atoms. The fraction of sp³-hybridized carbons (Fsp3) is 0.273. The number of amides is 1. The quantitative estimate of drug-likeness (QED) is 0.534. The van der Waals surface area contributed by atoms with Crippen LogP contribution in [-0.4, -0.2) is 40.6 Å². The zero-order chi connectivity index (χ0) is 19.8. The van der Waals surface area contributed by atoms with Crippen molar-refractivity contribution < 1.29 is 14.3 Å². The third-order valence-electron chi connectivity index (χ3n) is 4.39. The zero-order valence-corrected chi connectivity index (χ0v) is 16.2. The zero-order valence-electron chi connectivity index (χ0n) is 16.2. The van der Waals surface area contributed by atoms with Crippen molar-refractivity contribution in [2.75, 3.05) is 20.2 Å². The van der Waals surface area contributed by atoms with Gasteiger partial charge in [0.1, 0.15) is 23.9 Å². The van der Waals surface area contributed by atoms with Crippen LogP contribution in [0.4, 0.5) is 0 Å². The molecule has 0 atom stereocenters. The second-order valence-corrected chi connectivity index (χ2v) is 6.51. The van der Waals surface area contributed by atoms with Gasteiger partial charge in [0.15, 0.2) is 0 Å². The number of imidazole rings is 1. The van der Waals surface area contributed by atoms with Gasteiger partial charge in [0.2, 0.25) is 0 Å². The Hall–Kier alpha value is -3.28. The van der Waals surface area contributed by atoms with Crippen molar-refractivity contribution >= 4 is 5.91 Å². The van der Waals surface area contributed by atoms with Crippen molar-refractivity contribution in [1.82, 2.24) is 14.5 Å². The van der Waals surface area contributed by atoms with E-state index in [9.17, 15) is 4.79 Å². The molecule has 3 rings (SSSR count). The first kappa shape index (κ1) is 19.5. The van der Waals surface area contributed by atoms with Gasteiger partial charge in [0.25, 0.3) is 5.91 Å². The van der Waals surface area contributed by atoms with Gasteiger partial charge in [-0.2, -0.15) is 0 Å². The Kier molecular flexibility index (Phi) is 6.68. The number of aryl methyl sites for hydroxylation is 1. The molecule has 0 bridgehead atoms. The lowest BCUT2D eigenvalue weighted by atomic mass is 10.2. The summed E-state index contributed by atoms with van der Waals surface area (Å²) in [6, 6.07) is 16.9. The Morgan fingerprint density at radius 3 is 2.43 bits per heavy atom. The number of carbonyl (C=O) groups excluding carboxylic acids is 1. The van der Waals surface area contributed by atoms with Crippen LogP contribution in [-0.2, 0) is 13.7 Å². The molecule has 0 unspecified atom stereocenters. The van der Waals surface area contributed by atoms with Gasteiger partial charge >= 0.3 is 0 Å².